The summed E-state index contributed by atoms with van der Waals surface area (Å²) in [5.74, 6) is 0.346. The summed E-state index contributed by atoms with van der Waals surface area (Å²) in [6.07, 6.45) is 0. The van der Waals surface area contributed by atoms with E-state index < -0.39 is 10.0 Å². The van der Waals surface area contributed by atoms with Crippen LogP contribution in [-0.2, 0) is 10.0 Å². The number of amides is 2. The molecule has 0 aliphatic carbocycles. The predicted octanol–water partition coefficient (Wildman–Crippen LogP) is 2.40. The molecule has 0 aromatic heterocycles. The van der Waals surface area contributed by atoms with Gasteiger partial charge in [0.05, 0.1) is 4.90 Å². The van der Waals surface area contributed by atoms with Gasteiger partial charge in [-0.15, -0.1) is 0 Å². The van der Waals surface area contributed by atoms with Gasteiger partial charge in [0, 0.05) is 37.2 Å². The first-order valence-corrected chi connectivity index (χ1v) is 9.85. The van der Waals surface area contributed by atoms with Crippen molar-refractivity contribution in [1.82, 2.24) is 14.5 Å². The molecule has 134 valence electrons. The SMILES string of the molecule is CC(C)C(C)NC(=O)N1CCN(S(=O)(=O)c2cccc(Cl)c2)CC1. The number of nitrogens with zero attached hydrogens (tertiary/aromatic N) is 2. The summed E-state index contributed by atoms with van der Waals surface area (Å²) in [5, 5.41) is 3.33. The molecule has 1 unspecified atom stereocenters. The van der Waals surface area contributed by atoms with Gasteiger partial charge in [0.1, 0.15) is 0 Å². The number of piperazine rings is 1. The summed E-state index contributed by atoms with van der Waals surface area (Å²) in [4.78, 5) is 14.1. The Bertz CT molecular complexity index is 686. The quantitative estimate of drug-likeness (QED) is 0.881. The standard InChI is InChI=1S/C16H24ClN3O3S/c1-12(2)13(3)18-16(21)19-7-9-20(10-8-19)24(22,23)15-6-4-5-14(17)11-15/h4-6,11-13H,7-10H2,1-3H3,(H,18,21). The maximum absolute atomic E-state index is 12.6. The van der Waals surface area contributed by atoms with Gasteiger partial charge in [0.15, 0.2) is 0 Å². The zero-order chi connectivity index (χ0) is 17.9. The Balaban J connectivity index is 1.98. The van der Waals surface area contributed by atoms with Crippen LogP contribution in [0.3, 0.4) is 0 Å². The van der Waals surface area contributed by atoms with Crippen LogP contribution in [0.15, 0.2) is 29.2 Å². The molecular weight excluding hydrogens is 350 g/mol. The van der Waals surface area contributed by atoms with E-state index in [1.165, 1.54) is 16.4 Å². The highest BCUT2D eigenvalue weighted by Gasteiger charge is 2.30. The lowest BCUT2D eigenvalue weighted by molar-refractivity contribution is 0.167. The summed E-state index contributed by atoms with van der Waals surface area (Å²) >= 11 is 5.88. The van der Waals surface area contributed by atoms with Crippen LogP contribution in [0, 0.1) is 5.92 Å². The Hall–Kier alpha value is -1.31. The normalized spacial score (nSPS) is 17.8. The molecule has 6 nitrogen and oxygen atoms in total. The van der Waals surface area contributed by atoms with Gasteiger partial charge >= 0.3 is 6.03 Å². The number of nitrogens with one attached hydrogen (secondary N) is 1. The Labute approximate surface area is 148 Å². The molecule has 1 aromatic carbocycles. The number of sulfonamides is 1. The van der Waals surface area contributed by atoms with E-state index in [-0.39, 0.29) is 30.1 Å². The van der Waals surface area contributed by atoms with Crippen molar-refractivity contribution in [2.24, 2.45) is 5.92 Å². The molecule has 1 heterocycles. The van der Waals surface area contributed by atoms with Crippen LogP contribution >= 0.6 is 11.6 Å². The molecule has 1 aromatic rings. The lowest BCUT2D eigenvalue weighted by atomic mass is 10.1. The fourth-order valence-electron chi connectivity index (χ4n) is 2.36. The molecule has 8 heteroatoms. The first kappa shape index (κ1) is 19.0. The third-order valence-corrected chi connectivity index (χ3v) is 6.44. The van der Waals surface area contributed by atoms with Crippen molar-refractivity contribution in [3.63, 3.8) is 0 Å². The average Bonchev–Trinajstić information content (AvgIpc) is 2.54. The minimum atomic E-state index is -3.58. The summed E-state index contributed by atoms with van der Waals surface area (Å²) in [6.45, 7) is 7.34. The van der Waals surface area contributed by atoms with Crippen molar-refractivity contribution in [3.8, 4) is 0 Å². The highest BCUT2D eigenvalue weighted by Crippen LogP contribution is 2.21. The van der Waals surface area contributed by atoms with Crippen molar-refractivity contribution in [1.29, 1.82) is 0 Å². The molecule has 24 heavy (non-hydrogen) atoms. The highest BCUT2D eigenvalue weighted by molar-refractivity contribution is 7.89. The predicted molar refractivity (Wildman–Crippen MR) is 94.6 cm³/mol. The summed E-state index contributed by atoms with van der Waals surface area (Å²) in [7, 11) is -3.58. The van der Waals surface area contributed by atoms with E-state index in [0.29, 0.717) is 24.0 Å². The van der Waals surface area contributed by atoms with Crippen LogP contribution in [0.5, 0.6) is 0 Å². The first-order chi connectivity index (χ1) is 11.2. The molecule has 1 aliphatic heterocycles. The molecule has 0 radical (unpaired) electrons. The maximum atomic E-state index is 12.6. The topological polar surface area (TPSA) is 69.7 Å². The van der Waals surface area contributed by atoms with Crippen LogP contribution in [-0.4, -0.2) is 55.9 Å². The van der Waals surface area contributed by atoms with Gasteiger partial charge in [-0.1, -0.05) is 31.5 Å². The van der Waals surface area contributed by atoms with Crippen molar-refractivity contribution < 1.29 is 13.2 Å². The number of hydrogen-bond donors (Lipinski definition) is 1. The van der Waals surface area contributed by atoms with Gasteiger partial charge in [0.25, 0.3) is 0 Å². The molecule has 1 saturated heterocycles. The second-order valence-corrected chi connectivity index (χ2v) is 8.71. The van der Waals surface area contributed by atoms with Crippen molar-refractivity contribution in [2.75, 3.05) is 26.2 Å². The fraction of sp³-hybridized carbons (Fsp3) is 0.562. The smallest absolute Gasteiger partial charge is 0.317 e. The van der Waals surface area contributed by atoms with Crippen LogP contribution < -0.4 is 5.32 Å². The monoisotopic (exact) mass is 373 g/mol. The van der Waals surface area contributed by atoms with Crippen molar-refractivity contribution in [2.45, 2.75) is 31.7 Å². The minimum Gasteiger partial charge on any atom is -0.335 e. The van der Waals surface area contributed by atoms with Crippen LogP contribution in [0.4, 0.5) is 4.79 Å². The van der Waals surface area contributed by atoms with Crippen molar-refractivity contribution >= 4 is 27.7 Å². The second kappa shape index (κ2) is 7.72. The summed E-state index contributed by atoms with van der Waals surface area (Å²) in [5.41, 5.74) is 0. The van der Waals surface area contributed by atoms with E-state index in [0.717, 1.165) is 0 Å². The fourth-order valence-corrected chi connectivity index (χ4v) is 4.08. The molecule has 0 bridgehead atoms. The van der Waals surface area contributed by atoms with E-state index in [9.17, 15) is 13.2 Å². The molecule has 1 fully saturated rings. The Morgan fingerprint density at radius 1 is 1.17 bits per heavy atom. The number of carbonyl (C=O) groups is 1. The molecule has 0 spiro atoms. The van der Waals surface area contributed by atoms with Crippen LogP contribution in [0.2, 0.25) is 5.02 Å². The highest BCUT2D eigenvalue weighted by atomic mass is 35.5. The van der Waals surface area contributed by atoms with Gasteiger partial charge in [0.2, 0.25) is 10.0 Å². The molecular formula is C16H24ClN3O3S. The zero-order valence-electron chi connectivity index (χ0n) is 14.2. The summed E-state index contributed by atoms with van der Waals surface area (Å²) < 4.78 is 26.7. The number of urea groups is 1. The van der Waals surface area contributed by atoms with Crippen LogP contribution in [0.1, 0.15) is 20.8 Å². The van der Waals surface area contributed by atoms with Gasteiger partial charge in [-0.2, -0.15) is 4.31 Å². The van der Waals surface area contributed by atoms with E-state index in [2.05, 4.69) is 5.32 Å². The van der Waals surface area contributed by atoms with E-state index >= 15 is 0 Å². The molecule has 1 atom stereocenters. The number of carbonyl (C=O) groups excluding carboxylic acids is 1. The maximum Gasteiger partial charge on any atom is 0.317 e. The summed E-state index contributed by atoms with van der Waals surface area (Å²) in [6, 6.07) is 6.16. The van der Waals surface area contributed by atoms with Gasteiger partial charge < -0.3 is 10.2 Å². The first-order valence-electron chi connectivity index (χ1n) is 8.03. The van der Waals surface area contributed by atoms with E-state index in [4.69, 9.17) is 11.6 Å². The van der Waals surface area contributed by atoms with E-state index in [1.807, 2.05) is 20.8 Å². The number of hydrogen-bond acceptors (Lipinski definition) is 3. The number of benzene rings is 1. The third kappa shape index (κ3) is 4.40. The van der Waals surface area contributed by atoms with Crippen molar-refractivity contribution in [3.05, 3.63) is 29.3 Å². The number of rotatable bonds is 4. The molecule has 1 N–H and O–H groups in total. The van der Waals surface area contributed by atoms with Gasteiger partial charge in [-0.25, -0.2) is 13.2 Å². The Morgan fingerprint density at radius 3 is 2.33 bits per heavy atom. The minimum absolute atomic E-state index is 0.0747. The zero-order valence-corrected chi connectivity index (χ0v) is 15.8. The Kier molecular flexibility index (Phi) is 6.11. The molecule has 1 aliphatic rings. The molecule has 0 saturated carbocycles. The largest absolute Gasteiger partial charge is 0.335 e. The number of halogens is 1. The average molecular weight is 374 g/mol. The lowest BCUT2D eigenvalue weighted by Gasteiger charge is -2.35. The third-order valence-electron chi connectivity index (χ3n) is 4.31. The second-order valence-electron chi connectivity index (χ2n) is 6.33. The van der Waals surface area contributed by atoms with E-state index in [1.54, 1.807) is 17.0 Å². The van der Waals surface area contributed by atoms with Gasteiger partial charge in [-0.3, -0.25) is 0 Å². The van der Waals surface area contributed by atoms with Gasteiger partial charge in [-0.05, 0) is 31.0 Å². The Morgan fingerprint density at radius 2 is 1.79 bits per heavy atom. The molecule has 2 amide bonds. The molecule has 2 rings (SSSR count). The van der Waals surface area contributed by atoms with Crippen LogP contribution in [0.25, 0.3) is 0 Å². The lowest BCUT2D eigenvalue weighted by Crippen LogP contribution is -2.54.